The van der Waals surface area contributed by atoms with Gasteiger partial charge in [-0.3, -0.25) is 0 Å². The van der Waals surface area contributed by atoms with Gasteiger partial charge in [-0.25, -0.2) is 0 Å². The quantitative estimate of drug-likeness (QED) is 0.745. The number of para-hydroxylation sites is 1. The van der Waals surface area contributed by atoms with Crippen LogP contribution in [-0.4, -0.2) is 34.7 Å². The predicted molar refractivity (Wildman–Crippen MR) is 109 cm³/mol. The Balaban J connectivity index is 1.82. The zero-order valence-corrected chi connectivity index (χ0v) is 15.9. The summed E-state index contributed by atoms with van der Waals surface area (Å²) in [7, 11) is 0. The van der Waals surface area contributed by atoms with Crippen LogP contribution >= 0.6 is 12.2 Å². The van der Waals surface area contributed by atoms with Crippen molar-refractivity contribution >= 4 is 29.1 Å². The summed E-state index contributed by atoms with van der Waals surface area (Å²) in [4.78, 5) is 11.4. The van der Waals surface area contributed by atoms with Gasteiger partial charge in [0, 0.05) is 25.7 Å². The van der Waals surface area contributed by atoms with Crippen molar-refractivity contribution in [2.45, 2.75) is 32.6 Å². The molecule has 0 atom stereocenters. The van der Waals surface area contributed by atoms with E-state index in [9.17, 15) is 0 Å². The number of ether oxygens (including phenoxy) is 1. The molecule has 0 radical (unpaired) electrons. The first kappa shape index (κ1) is 18.4. The molecule has 0 aliphatic carbocycles. The van der Waals surface area contributed by atoms with Crippen molar-refractivity contribution in [2.75, 3.05) is 29.9 Å². The molecule has 1 aromatic heterocycles. The van der Waals surface area contributed by atoms with Crippen LogP contribution in [0.1, 0.15) is 32.6 Å². The summed E-state index contributed by atoms with van der Waals surface area (Å²) in [6.45, 7) is 4.90. The maximum Gasteiger partial charge on any atom is 0.234 e. The van der Waals surface area contributed by atoms with Crippen molar-refractivity contribution in [3.05, 3.63) is 36.4 Å². The van der Waals surface area contributed by atoms with Crippen LogP contribution in [0.15, 0.2) is 36.4 Å². The van der Waals surface area contributed by atoms with E-state index in [4.69, 9.17) is 17.0 Å². The average molecular weight is 372 g/mol. The first-order valence-corrected chi connectivity index (χ1v) is 9.57. The molecule has 2 N–H and O–H groups in total. The van der Waals surface area contributed by atoms with Crippen LogP contribution in [0.5, 0.6) is 11.6 Å². The fourth-order valence-electron chi connectivity index (χ4n) is 2.80. The fraction of sp³-hybridized carbons (Fsp3) is 0.421. The molecule has 0 saturated carbocycles. The number of hydrogen-bond donors (Lipinski definition) is 2. The van der Waals surface area contributed by atoms with E-state index >= 15 is 0 Å². The molecule has 0 bridgehead atoms. The topological polar surface area (TPSA) is 62.3 Å². The summed E-state index contributed by atoms with van der Waals surface area (Å²) in [6.07, 6.45) is 4.63. The summed E-state index contributed by atoms with van der Waals surface area (Å²) in [5.74, 6) is 2.57. The Kier molecular flexibility index (Phi) is 6.60. The van der Waals surface area contributed by atoms with E-state index in [-0.39, 0.29) is 0 Å². The van der Waals surface area contributed by atoms with Crippen LogP contribution in [0, 0.1) is 0 Å². The van der Waals surface area contributed by atoms with E-state index in [2.05, 4.69) is 32.4 Å². The third kappa shape index (κ3) is 5.29. The van der Waals surface area contributed by atoms with Crippen LogP contribution in [0.4, 0.5) is 11.8 Å². The van der Waals surface area contributed by atoms with Gasteiger partial charge in [-0.1, -0.05) is 25.1 Å². The van der Waals surface area contributed by atoms with E-state index in [1.165, 1.54) is 19.3 Å². The summed E-state index contributed by atoms with van der Waals surface area (Å²) in [5.41, 5.74) is 0. The zero-order valence-electron chi connectivity index (χ0n) is 15.1. The van der Waals surface area contributed by atoms with Crippen molar-refractivity contribution < 1.29 is 4.74 Å². The van der Waals surface area contributed by atoms with Gasteiger partial charge in [-0.2, -0.15) is 9.97 Å². The number of nitrogens with zero attached hydrogens (tertiary/aromatic N) is 3. The molecule has 1 fully saturated rings. The monoisotopic (exact) mass is 371 g/mol. The molecule has 1 aliphatic heterocycles. The Bertz CT molecular complexity index is 719. The van der Waals surface area contributed by atoms with Crippen LogP contribution < -0.4 is 20.3 Å². The number of benzene rings is 1. The molecule has 0 unspecified atom stereocenters. The highest BCUT2D eigenvalue weighted by molar-refractivity contribution is 7.80. The second kappa shape index (κ2) is 9.33. The molecule has 1 aliphatic rings. The Morgan fingerprint density at radius 2 is 1.92 bits per heavy atom. The SMILES string of the molecule is CCCNC(=S)Nc1nc(Oc2ccccc2)cc(N2CCCCC2)n1. The molecule has 1 aromatic carbocycles. The normalized spacial score (nSPS) is 14.0. The largest absolute Gasteiger partial charge is 0.439 e. The van der Waals surface area contributed by atoms with Gasteiger partial charge in [0.15, 0.2) is 5.11 Å². The van der Waals surface area contributed by atoms with Gasteiger partial charge in [0.25, 0.3) is 0 Å². The van der Waals surface area contributed by atoms with Crippen molar-refractivity contribution in [3.8, 4) is 11.6 Å². The molecule has 7 heteroatoms. The molecule has 0 spiro atoms. The van der Waals surface area contributed by atoms with Gasteiger partial charge in [0.05, 0.1) is 0 Å². The van der Waals surface area contributed by atoms with Crippen LogP contribution in [0.3, 0.4) is 0 Å². The van der Waals surface area contributed by atoms with Gasteiger partial charge in [-0.05, 0) is 50.0 Å². The lowest BCUT2D eigenvalue weighted by Gasteiger charge is -2.28. The van der Waals surface area contributed by atoms with E-state index in [0.29, 0.717) is 16.9 Å². The summed E-state index contributed by atoms with van der Waals surface area (Å²) in [6, 6.07) is 11.5. The number of rotatable bonds is 6. The number of hydrogen-bond acceptors (Lipinski definition) is 5. The highest BCUT2D eigenvalue weighted by Crippen LogP contribution is 2.26. The zero-order chi connectivity index (χ0) is 18.2. The van der Waals surface area contributed by atoms with E-state index in [1.54, 1.807) is 0 Å². The number of piperidine rings is 1. The van der Waals surface area contributed by atoms with Crippen molar-refractivity contribution in [1.29, 1.82) is 0 Å². The third-order valence-corrected chi connectivity index (χ3v) is 4.34. The minimum Gasteiger partial charge on any atom is -0.439 e. The summed E-state index contributed by atoms with van der Waals surface area (Å²) in [5, 5.41) is 6.73. The van der Waals surface area contributed by atoms with Crippen molar-refractivity contribution in [2.24, 2.45) is 0 Å². The Hall–Kier alpha value is -2.41. The number of anilines is 2. The number of nitrogens with one attached hydrogen (secondary N) is 2. The van der Waals surface area contributed by atoms with Crippen molar-refractivity contribution in [1.82, 2.24) is 15.3 Å². The average Bonchev–Trinajstić information content (AvgIpc) is 2.67. The molecule has 2 aromatic rings. The molecule has 1 saturated heterocycles. The Morgan fingerprint density at radius 1 is 1.15 bits per heavy atom. The fourth-order valence-corrected chi connectivity index (χ4v) is 2.99. The Morgan fingerprint density at radius 3 is 2.65 bits per heavy atom. The summed E-state index contributed by atoms with van der Waals surface area (Å²) < 4.78 is 5.93. The first-order chi connectivity index (χ1) is 12.7. The van der Waals surface area contributed by atoms with Gasteiger partial charge in [0.2, 0.25) is 11.8 Å². The van der Waals surface area contributed by atoms with Crippen LogP contribution in [0.2, 0.25) is 0 Å². The minimum absolute atomic E-state index is 0.451. The maximum atomic E-state index is 5.93. The van der Waals surface area contributed by atoms with Crippen molar-refractivity contribution in [3.63, 3.8) is 0 Å². The third-order valence-electron chi connectivity index (χ3n) is 4.10. The molecule has 2 heterocycles. The lowest BCUT2D eigenvalue weighted by Crippen LogP contribution is -2.32. The lowest BCUT2D eigenvalue weighted by molar-refractivity contribution is 0.461. The number of aromatic nitrogens is 2. The molecular weight excluding hydrogens is 346 g/mol. The molecule has 0 amide bonds. The minimum atomic E-state index is 0.451. The highest BCUT2D eigenvalue weighted by atomic mass is 32.1. The van der Waals surface area contributed by atoms with E-state index in [1.807, 2.05) is 36.4 Å². The molecular formula is C19H25N5OS. The first-order valence-electron chi connectivity index (χ1n) is 9.16. The Labute approximate surface area is 160 Å². The standard InChI is InChI=1S/C19H25N5OS/c1-2-11-20-19(26)23-18-21-16(24-12-7-4-8-13-24)14-17(22-18)25-15-9-5-3-6-10-15/h3,5-6,9-10,14H,2,4,7-8,11-13H2,1H3,(H2,20,21,22,23,26). The predicted octanol–water partition coefficient (Wildman–Crippen LogP) is 3.96. The number of thiocarbonyl (C=S) groups is 1. The molecule has 26 heavy (non-hydrogen) atoms. The second-order valence-corrected chi connectivity index (χ2v) is 6.64. The van der Waals surface area contributed by atoms with Gasteiger partial charge >= 0.3 is 0 Å². The van der Waals surface area contributed by atoms with Gasteiger partial charge < -0.3 is 20.3 Å². The van der Waals surface area contributed by atoms with E-state index in [0.717, 1.165) is 37.6 Å². The highest BCUT2D eigenvalue weighted by Gasteiger charge is 2.16. The molecule has 138 valence electrons. The summed E-state index contributed by atoms with van der Waals surface area (Å²) >= 11 is 5.32. The smallest absolute Gasteiger partial charge is 0.234 e. The van der Waals surface area contributed by atoms with Gasteiger partial charge in [0.1, 0.15) is 11.6 Å². The van der Waals surface area contributed by atoms with Gasteiger partial charge in [-0.15, -0.1) is 0 Å². The lowest BCUT2D eigenvalue weighted by atomic mass is 10.1. The molecule has 6 nitrogen and oxygen atoms in total. The van der Waals surface area contributed by atoms with Crippen LogP contribution in [-0.2, 0) is 0 Å². The second-order valence-electron chi connectivity index (χ2n) is 6.23. The van der Waals surface area contributed by atoms with E-state index < -0.39 is 0 Å². The maximum absolute atomic E-state index is 5.93. The van der Waals surface area contributed by atoms with Crippen LogP contribution in [0.25, 0.3) is 0 Å². The molecule has 3 rings (SSSR count).